The van der Waals surface area contributed by atoms with E-state index in [9.17, 15) is 4.79 Å². The summed E-state index contributed by atoms with van der Waals surface area (Å²) in [6.45, 7) is 3.64. The summed E-state index contributed by atoms with van der Waals surface area (Å²) in [4.78, 5) is 16.9. The molecule has 3 rings (SSSR count). The first-order chi connectivity index (χ1) is 13.5. The average molecular weight is 414 g/mol. The fourth-order valence-electron chi connectivity index (χ4n) is 2.48. The van der Waals surface area contributed by atoms with Crippen molar-refractivity contribution in [1.82, 2.24) is 4.98 Å². The number of rotatable bonds is 6. The number of hydrogen-bond acceptors (Lipinski definition) is 6. The summed E-state index contributed by atoms with van der Waals surface area (Å²) in [5, 5.41) is 9.41. The molecule has 5 nitrogen and oxygen atoms in total. The number of carbonyl (C=O) groups excluding carboxylic acids is 1. The number of benzene rings is 2. The summed E-state index contributed by atoms with van der Waals surface area (Å²) in [7, 11) is 1.81. The van der Waals surface area contributed by atoms with E-state index in [2.05, 4.69) is 10.1 Å². The SMILES string of the molecule is CC(C)OC(=O)c1ccccc1/C=N/N(C)c1nc(-c2ccccc2Cl)cs1. The van der Waals surface area contributed by atoms with E-state index in [1.54, 1.807) is 30.4 Å². The van der Waals surface area contributed by atoms with E-state index in [4.69, 9.17) is 16.3 Å². The summed E-state index contributed by atoms with van der Waals surface area (Å²) in [5.41, 5.74) is 2.84. The summed E-state index contributed by atoms with van der Waals surface area (Å²) in [6.07, 6.45) is 1.45. The van der Waals surface area contributed by atoms with Crippen molar-refractivity contribution in [1.29, 1.82) is 0 Å². The van der Waals surface area contributed by atoms with Crippen molar-refractivity contribution in [3.05, 3.63) is 70.1 Å². The van der Waals surface area contributed by atoms with Crippen molar-refractivity contribution in [3.63, 3.8) is 0 Å². The molecular weight excluding hydrogens is 394 g/mol. The highest BCUT2D eigenvalue weighted by atomic mass is 35.5. The molecule has 144 valence electrons. The maximum absolute atomic E-state index is 12.3. The average Bonchev–Trinajstić information content (AvgIpc) is 3.16. The number of hydrazone groups is 1. The van der Waals surface area contributed by atoms with Crippen molar-refractivity contribution >= 4 is 40.3 Å². The number of ether oxygens (including phenoxy) is 1. The van der Waals surface area contributed by atoms with Crippen molar-refractivity contribution in [2.45, 2.75) is 20.0 Å². The Bertz CT molecular complexity index is 1000. The van der Waals surface area contributed by atoms with Gasteiger partial charge in [-0.15, -0.1) is 11.3 Å². The fraction of sp³-hybridized carbons (Fsp3) is 0.190. The first-order valence-electron chi connectivity index (χ1n) is 8.74. The van der Waals surface area contributed by atoms with E-state index < -0.39 is 0 Å². The molecule has 0 aliphatic heterocycles. The fourth-order valence-corrected chi connectivity index (χ4v) is 3.46. The standard InChI is InChI=1S/C21H20ClN3O2S/c1-14(2)27-20(26)16-9-5-4-8-15(16)12-23-25(3)21-24-19(13-28-21)17-10-6-7-11-18(17)22/h4-14H,1-3H3/b23-12+. The van der Waals surface area contributed by atoms with Gasteiger partial charge in [-0.3, -0.25) is 0 Å². The maximum atomic E-state index is 12.3. The minimum Gasteiger partial charge on any atom is -0.459 e. The van der Waals surface area contributed by atoms with Crippen LogP contribution in [0.15, 0.2) is 59.0 Å². The molecular formula is C21H20ClN3O2S. The number of nitrogens with zero attached hydrogens (tertiary/aromatic N) is 3. The molecule has 0 radical (unpaired) electrons. The number of thiazole rings is 1. The number of halogens is 1. The first-order valence-corrected chi connectivity index (χ1v) is 9.99. The zero-order valence-corrected chi connectivity index (χ0v) is 17.4. The second-order valence-corrected chi connectivity index (χ2v) is 7.55. The van der Waals surface area contributed by atoms with E-state index >= 15 is 0 Å². The van der Waals surface area contributed by atoms with E-state index in [0.717, 1.165) is 11.3 Å². The third kappa shape index (κ3) is 4.77. The van der Waals surface area contributed by atoms with Gasteiger partial charge in [-0.2, -0.15) is 5.10 Å². The molecule has 28 heavy (non-hydrogen) atoms. The molecule has 0 spiro atoms. The summed E-state index contributed by atoms with van der Waals surface area (Å²) in [5.74, 6) is -0.366. The molecule has 0 aliphatic rings. The summed E-state index contributed by atoms with van der Waals surface area (Å²) in [6, 6.07) is 14.8. The molecule has 0 saturated heterocycles. The molecule has 7 heteroatoms. The maximum Gasteiger partial charge on any atom is 0.339 e. The van der Waals surface area contributed by atoms with Crippen LogP contribution in [0.3, 0.4) is 0 Å². The van der Waals surface area contributed by atoms with Crippen molar-refractivity contribution in [3.8, 4) is 11.3 Å². The molecule has 0 N–H and O–H groups in total. The molecule has 0 saturated carbocycles. The molecule has 0 unspecified atom stereocenters. The van der Waals surface area contributed by atoms with Crippen LogP contribution >= 0.6 is 22.9 Å². The Balaban J connectivity index is 1.79. The minimum atomic E-state index is -0.366. The predicted octanol–water partition coefficient (Wildman–Crippen LogP) is 5.50. The predicted molar refractivity (Wildman–Crippen MR) is 116 cm³/mol. The number of carbonyl (C=O) groups is 1. The lowest BCUT2D eigenvalue weighted by Gasteiger charge is -2.11. The van der Waals surface area contributed by atoms with E-state index in [1.165, 1.54) is 11.3 Å². The van der Waals surface area contributed by atoms with Gasteiger partial charge in [0.05, 0.1) is 23.6 Å². The third-order valence-corrected chi connectivity index (χ3v) is 5.05. The van der Waals surface area contributed by atoms with Crippen LogP contribution in [-0.4, -0.2) is 30.3 Å². The van der Waals surface area contributed by atoms with Gasteiger partial charge in [-0.1, -0.05) is 48.0 Å². The lowest BCUT2D eigenvalue weighted by atomic mass is 10.1. The van der Waals surface area contributed by atoms with Crippen molar-refractivity contribution in [2.75, 3.05) is 12.1 Å². The van der Waals surface area contributed by atoms with Crippen LogP contribution in [0.25, 0.3) is 11.3 Å². The first kappa shape index (κ1) is 20.0. The molecule has 0 aliphatic carbocycles. The van der Waals surface area contributed by atoms with Gasteiger partial charge in [0.1, 0.15) is 0 Å². The number of aromatic nitrogens is 1. The summed E-state index contributed by atoms with van der Waals surface area (Å²) < 4.78 is 5.29. The van der Waals surface area contributed by atoms with Crippen LogP contribution in [0, 0.1) is 0 Å². The number of anilines is 1. The Morgan fingerprint density at radius 1 is 1.21 bits per heavy atom. The van der Waals surface area contributed by atoms with Crippen LogP contribution in [0.1, 0.15) is 29.8 Å². The van der Waals surface area contributed by atoms with Crippen LogP contribution in [0.5, 0.6) is 0 Å². The zero-order chi connectivity index (χ0) is 20.1. The Labute approximate surface area is 173 Å². The molecule has 0 amide bonds. The van der Waals surface area contributed by atoms with Gasteiger partial charge in [0, 0.05) is 28.6 Å². The van der Waals surface area contributed by atoms with E-state index in [1.807, 2.05) is 55.6 Å². The van der Waals surface area contributed by atoms with Crippen molar-refractivity contribution in [2.24, 2.45) is 5.10 Å². The zero-order valence-electron chi connectivity index (χ0n) is 15.8. The normalized spacial score (nSPS) is 11.2. The molecule has 0 bridgehead atoms. The van der Waals surface area contributed by atoms with E-state index in [0.29, 0.717) is 21.3 Å². The van der Waals surface area contributed by atoms with Crippen LogP contribution in [0.2, 0.25) is 5.02 Å². The van der Waals surface area contributed by atoms with Gasteiger partial charge in [-0.25, -0.2) is 14.8 Å². The number of esters is 1. The largest absolute Gasteiger partial charge is 0.459 e. The minimum absolute atomic E-state index is 0.182. The van der Waals surface area contributed by atoms with Crippen LogP contribution < -0.4 is 5.01 Å². The lowest BCUT2D eigenvalue weighted by molar-refractivity contribution is 0.0378. The van der Waals surface area contributed by atoms with Gasteiger partial charge in [-0.05, 0) is 26.0 Å². The molecule has 1 heterocycles. The lowest BCUT2D eigenvalue weighted by Crippen LogP contribution is -2.14. The second kappa shape index (κ2) is 8.99. The highest BCUT2D eigenvalue weighted by molar-refractivity contribution is 7.14. The highest BCUT2D eigenvalue weighted by Crippen LogP contribution is 2.31. The van der Waals surface area contributed by atoms with Gasteiger partial charge in [0.15, 0.2) is 0 Å². The Morgan fingerprint density at radius 2 is 1.93 bits per heavy atom. The number of hydrogen-bond donors (Lipinski definition) is 0. The molecule has 2 aromatic carbocycles. The van der Waals surface area contributed by atoms with Crippen molar-refractivity contribution < 1.29 is 9.53 Å². The smallest absolute Gasteiger partial charge is 0.339 e. The molecule has 3 aromatic rings. The molecule has 0 fully saturated rings. The Morgan fingerprint density at radius 3 is 2.68 bits per heavy atom. The van der Waals surface area contributed by atoms with Crippen LogP contribution in [0.4, 0.5) is 5.13 Å². The van der Waals surface area contributed by atoms with Gasteiger partial charge in [0.25, 0.3) is 0 Å². The van der Waals surface area contributed by atoms with Gasteiger partial charge < -0.3 is 4.74 Å². The highest BCUT2D eigenvalue weighted by Gasteiger charge is 2.13. The Kier molecular flexibility index (Phi) is 6.44. The topological polar surface area (TPSA) is 54.8 Å². The van der Waals surface area contributed by atoms with E-state index in [-0.39, 0.29) is 12.1 Å². The third-order valence-electron chi connectivity index (χ3n) is 3.81. The summed E-state index contributed by atoms with van der Waals surface area (Å²) >= 11 is 7.72. The van der Waals surface area contributed by atoms with Gasteiger partial charge >= 0.3 is 5.97 Å². The second-order valence-electron chi connectivity index (χ2n) is 6.30. The Hall–Kier alpha value is -2.70. The van der Waals surface area contributed by atoms with Crippen LogP contribution in [-0.2, 0) is 4.74 Å². The molecule has 1 aromatic heterocycles. The molecule has 0 atom stereocenters. The van der Waals surface area contributed by atoms with Gasteiger partial charge in [0.2, 0.25) is 5.13 Å². The monoisotopic (exact) mass is 413 g/mol. The quantitative estimate of drug-likeness (QED) is 0.304.